The summed E-state index contributed by atoms with van der Waals surface area (Å²) in [5, 5.41) is 0.667. The van der Waals surface area contributed by atoms with Crippen LogP contribution in [0.1, 0.15) is 35.7 Å². The minimum Gasteiger partial charge on any atom is -0.488 e. The number of piperidine rings is 1. The molecule has 0 saturated carbocycles. The molecule has 2 aromatic carbocycles. The van der Waals surface area contributed by atoms with Gasteiger partial charge in [-0.05, 0) is 38.0 Å². The lowest BCUT2D eigenvalue weighted by atomic mass is 10.0. The van der Waals surface area contributed by atoms with Crippen LogP contribution in [0.2, 0.25) is 5.02 Å². The van der Waals surface area contributed by atoms with E-state index in [1.807, 2.05) is 53.4 Å². The Kier molecular flexibility index (Phi) is 6.93. The van der Waals surface area contributed by atoms with Crippen LogP contribution in [0.3, 0.4) is 0 Å². The highest BCUT2D eigenvalue weighted by atomic mass is 35.5. The molecule has 1 atom stereocenters. The highest BCUT2D eigenvalue weighted by Gasteiger charge is 2.30. The molecule has 5 nitrogen and oxygen atoms in total. The van der Waals surface area contributed by atoms with Gasteiger partial charge in [-0.15, -0.1) is 0 Å². The second-order valence-electron chi connectivity index (χ2n) is 8.08. The molecular weight excluding hydrogens is 400 g/mol. The van der Waals surface area contributed by atoms with Crippen LogP contribution >= 0.6 is 11.6 Å². The Morgan fingerprint density at radius 2 is 1.83 bits per heavy atom. The number of likely N-dealkylation sites (tertiary alicyclic amines) is 1. The predicted octanol–water partition coefficient (Wildman–Crippen LogP) is 4.24. The number of nitrogens with zero attached hydrogens (tertiary/aromatic N) is 2. The first-order valence-electron chi connectivity index (χ1n) is 10.7. The molecule has 2 heterocycles. The lowest BCUT2D eigenvalue weighted by Crippen LogP contribution is -2.51. The van der Waals surface area contributed by atoms with Crippen LogP contribution in [-0.2, 0) is 11.3 Å². The fourth-order valence-electron chi connectivity index (χ4n) is 4.32. The molecule has 0 bridgehead atoms. The van der Waals surface area contributed by atoms with Gasteiger partial charge in [-0.2, -0.15) is 0 Å². The average molecular weight is 429 g/mol. The summed E-state index contributed by atoms with van der Waals surface area (Å²) in [6.07, 6.45) is 2.29. The van der Waals surface area contributed by atoms with Crippen molar-refractivity contribution in [2.24, 2.45) is 0 Å². The SMILES string of the molecule is CC1CN(C2CCN(C(=O)c3ccccc3OCc3ccccc3Cl)CC2)CCO1. The zero-order chi connectivity index (χ0) is 20.9. The van der Waals surface area contributed by atoms with Gasteiger partial charge >= 0.3 is 0 Å². The topological polar surface area (TPSA) is 42.0 Å². The molecule has 2 aliphatic heterocycles. The van der Waals surface area contributed by atoms with Crippen molar-refractivity contribution in [2.45, 2.75) is 38.5 Å². The fourth-order valence-corrected chi connectivity index (χ4v) is 4.51. The Bertz CT molecular complexity index is 867. The number of halogens is 1. The molecule has 0 radical (unpaired) electrons. The van der Waals surface area contributed by atoms with E-state index in [1.54, 1.807) is 0 Å². The predicted molar refractivity (Wildman–Crippen MR) is 118 cm³/mol. The van der Waals surface area contributed by atoms with Gasteiger partial charge in [0, 0.05) is 42.8 Å². The van der Waals surface area contributed by atoms with Crippen molar-refractivity contribution >= 4 is 17.5 Å². The Morgan fingerprint density at radius 1 is 1.10 bits per heavy atom. The molecule has 1 amide bonds. The number of morpholine rings is 1. The molecule has 0 N–H and O–H groups in total. The fraction of sp³-hybridized carbons (Fsp3) is 0.458. The molecule has 4 rings (SSSR count). The first-order chi connectivity index (χ1) is 14.6. The van der Waals surface area contributed by atoms with Crippen LogP contribution in [0, 0.1) is 0 Å². The van der Waals surface area contributed by atoms with Crippen LogP contribution in [0.5, 0.6) is 5.75 Å². The Hall–Kier alpha value is -2.08. The summed E-state index contributed by atoms with van der Waals surface area (Å²) in [7, 11) is 0. The number of amides is 1. The van der Waals surface area contributed by atoms with Crippen molar-refractivity contribution in [3.05, 3.63) is 64.7 Å². The quantitative estimate of drug-likeness (QED) is 0.714. The monoisotopic (exact) mass is 428 g/mol. The lowest BCUT2D eigenvalue weighted by molar-refractivity contribution is -0.0423. The average Bonchev–Trinajstić information content (AvgIpc) is 2.78. The van der Waals surface area contributed by atoms with Gasteiger partial charge in [0.05, 0.1) is 18.3 Å². The van der Waals surface area contributed by atoms with Gasteiger partial charge in [-0.1, -0.05) is 41.9 Å². The largest absolute Gasteiger partial charge is 0.488 e. The summed E-state index contributed by atoms with van der Waals surface area (Å²) < 4.78 is 11.7. The molecule has 6 heteroatoms. The smallest absolute Gasteiger partial charge is 0.257 e. The number of carbonyl (C=O) groups excluding carboxylic acids is 1. The first-order valence-corrected chi connectivity index (χ1v) is 11.1. The van der Waals surface area contributed by atoms with E-state index >= 15 is 0 Å². The van der Waals surface area contributed by atoms with Gasteiger partial charge in [0.25, 0.3) is 5.91 Å². The molecule has 1 unspecified atom stereocenters. The van der Waals surface area contributed by atoms with Gasteiger partial charge in [0.2, 0.25) is 0 Å². The maximum atomic E-state index is 13.2. The lowest BCUT2D eigenvalue weighted by Gasteiger charge is -2.41. The van der Waals surface area contributed by atoms with Crippen molar-refractivity contribution in [1.82, 2.24) is 9.80 Å². The van der Waals surface area contributed by atoms with Gasteiger partial charge in [0.15, 0.2) is 0 Å². The van der Waals surface area contributed by atoms with Crippen LogP contribution in [0.25, 0.3) is 0 Å². The zero-order valence-corrected chi connectivity index (χ0v) is 18.2. The van der Waals surface area contributed by atoms with Crippen LogP contribution in [0.4, 0.5) is 0 Å². The summed E-state index contributed by atoms with van der Waals surface area (Å²) in [6.45, 7) is 6.78. The second-order valence-corrected chi connectivity index (χ2v) is 8.48. The zero-order valence-electron chi connectivity index (χ0n) is 17.4. The summed E-state index contributed by atoms with van der Waals surface area (Å²) >= 11 is 6.23. The van der Waals surface area contributed by atoms with Crippen LogP contribution in [0.15, 0.2) is 48.5 Å². The molecule has 2 aromatic rings. The maximum Gasteiger partial charge on any atom is 0.257 e. The number of hydrogen-bond donors (Lipinski definition) is 0. The second kappa shape index (κ2) is 9.82. The molecule has 0 aromatic heterocycles. The van der Waals surface area contributed by atoms with Gasteiger partial charge in [-0.3, -0.25) is 9.69 Å². The minimum atomic E-state index is 0.0403. The molecule has 30 heavy (non-hydrogen) atoms. The maximum absolute atomic E-state index is 13.2. The summed E-state index contributed by atoms with van der Waals surface area (Å²) in [5.41, 5.74) is 1.52. The first kappa shape index (κ1) is 21.2. The van der Waals surface area contributed by atoms with Crippen molar-refractivity contribution in [2.75, 3.05) is 32.8 Å². The van der Waals surface area contributed by atoms with E-state index in [4.69, 9.17) is 21.1 Å². The third-order valence-electron chi connectivity index (χ3n) is 6.00. The summed E-state index contributed by atoms with van der Waals surface area (Å²) in [4.78, 5) is 17.7. The standard InChI is InChI=1S/C24H29ClN2O3/c1-18-16-27(14-15-29-18)20-10-12-26(13-11-20)24(28)21-7-3-5-9-23(21)30-17-19-6-2-4-8-22(19)25/h2-9,18,20H,10-17H2,1H3. The van der Waals surface area contributed by atoms with E-state index in [-0.39, 0.29) is 5.91 Å². The van der Waals surface area contributed by atoms with E-state index in [9.17, 15) is 4.79 Å². The van der Waals surface area contributed by atoms with Crippen LogP contribution < -0.4 is 4.74 Å². The molecule has 160 valence electrons. The Labute approximate surface area is 183 Å². The van der Waals surface area contributed by atoms with E-state index in [1.165, 1.54) is 0 Å². The third kappa shape index (κ3) is 4.97. The van der Waals surface area contributed by atoms with Crippen LogP contribution in [-0.4, -0.2) is 60.6 Å². The number of benzene rings is 2. The van der Waals surface area contributed by atoms with Gasteiger partial charge in [-0.25, -0.2) is 0 Å². The molecule has 0 aliphatic carbocycles. The number of carbonyl (C=O) groups is 1. The van der Waals surface area contributed by atoms with Crippen molar-refractivity contribution in [1.29, 1.82) is 0 Å². The van der Waals surface area contributed by atoms with E-state index in [0.29, 0.717) is 35.1 Å². The number of ether oxygens (including phenoxy) is 2. The third-order valence-corrected chi connectivity index (χ3v) is 6.37. The summed E-state index contributed by atoms with van der Waals surface area (Å²) in [5.74, 6) is 0.644. The van der Waals surface area contributed by atoms with Crippen molar-refractivity contribution in [3.8, 4) is 5.75 Å². The van der Waals surface area contributed by atoms with Crippen molar-refractivity contribution < 1.29 is 14.3 Å². The van der Waals surface area contributed by atoms with Gasteiger partial charge < -0.3 is 14.4 Å². The number of rotatable bonds is 5. The summed E-state index contributed by atoms with van der Waals surface area (Å²) in [6, 6.07) is 15.6. The Morgan fingerprint density at radius 3 is 2.60 bits per heavy atom. The minimum absolute atomic E-state index is 0.0403. The highest BCUT2D eigenvalue weighted by Crippen LogP contribution is 2.26. The highest BCUT2D eigenvalue weighted by molar-refractivity contribution is 6.31. The molecule has 0 spiro atoms. The molecule has 2 aliphatic rings. The van der Waals surface area contributed by atoms with E-state index in [0.717, 1.165) is 51.2 Å². The van der Waals surface area contributed by atoms with Gasteiger partial charge in [0.1, 0.15) is 12.4 Å². The Balaban J connectivity index is 1.37. The number of hydrogen-bond acceptors (Lipinski definition) is 4. The molecule has 2 fully saturated rings. The molecule has 2 saturated heterocycles. The number of para-hydroxylation sites is 1. The van der Waals surface area contributed by atoms with E-state index in [2.05, 4.69) is 11.8 Å². The van der Waals surface area contributed by atoms with E-state index < -0.39 is 0 Å². The molecular formula is C24H29ClN2O3. The normalized spacial score (nSPS) is 20.9. The van der Waals surface area contributed by atoms with Crippen molar-refractivity contribution in [3.63, 3.8) is 0 Å².